The molecule has 1 unspecified atom stereocenters. The Hall–Kier alpha value is -0.950. The molecular formula is C14H22N2O3S. The summed E-state index contributed by atoms with van der Waals surface area (Å²) >= 11 is 0. The average molecular weight is 298 g/mol. The van der Waals surface area contributed by atoms with Crippen molar-refractivity contribution in [3.8, 4) is 0 Å². The number of ether oxygens (including phenoxy) is 1. The Bertz CT molecular complexity index is 522. The first-order valence-electron chi connectivity index (χ1n) is 6.97. The summed E-state index contributed by atoms with van der Waals surface area (Å²) in [5.41, 5.74) is 1.09. The van der Waals surface area contributed by atoms with Crippen molar-refractivity contribution in [1.29, 1.82) is 0 Å². The van der Waals surface area contributed by atoms with Crippen molar-refractivity contribution < 1.29 is 13.2 Å². The van der Waals surface area contributed by atoms with Crippen LogP contribution in [0.2, 0.25) is 0 Å². The van der Waals surface area contributed by atoms with E-state index in [1.165, 1.54) is 4.31 Å². The third kappa shape index (κ3) is 3.38. The highest BCUT2D eigenvalue weighted by atomic mass is 32.2. The lowest BCUT2D eigenvalue weighted by Crippen LogP contribution is -2.40. The molecule has 1 fully saturated rings. The topological polar surface area (TPSA) is 58.6 Å². The van der Waals surface area contributed by atoms with E-state index in [2.05, 4.69) is 12.2 Å². The number of nitrogens with zero attached hydrogens (tertiary/aromatic N) is 1. The van der Waals surface area contributed by atoms with Crippen LogP contribution in [-0.2, 0) is 14.8 Å². The van der Waals surface area contributed by atoms with E-state index in [1.807, 2.05) is 19.1 Å². The second kappa shape index (κ2) is 6.67. The lowest BCUT2D eigenvalue weighted by Gasteiger charge is -2.26. The summed E-state index contributed by atoms with van der Waals surface area (Å²) in [7, 11) is -3.38. The standard InChI is InChI=1S/C14H22N2O3S/c1-3-15-12(2)13-4-6-14(7-5-13)20(17,18)16-8-10-19-11-9-16/h4-7,12,15H,3,8-11H2,1-2H3. The monoisotopic (exact) mass is 298 g/mol. The molecule has 5 nitrogen and oxygen atoms in total. The molecule has 0 saturated carbocycles. The van der Waals surface area contributed by atoms with E-state index in [1.54, 1.807) is 12.1 Å². The van der Waals surface area contributed by atoms with Crippen LogP contribution in [0.25, 0.3) is 0 Å². The number of benzene rings is 1. The predicted molar refractivity (Wildman–Crippen MR) is 78.1 cm³/mol. The molecule has 2 rings (SSSR count). The van der Waals surface area contributed by atoms with Crippen LogP contribution in [0.3, 0.4) is 0 Å². The summed E-state index contributed by atoms with van der Waals surface area (Å²) in [4.78, 5) is 0.354. The summed E-state index contributed by atoms with van der Waals surface area (Å²) < 4.78 is 31.6. The SMILES string of the molecule is CCNC(C)c1ccc(S(=O)(=O)N2CCOCC2)cc1. The maximum absolute atomic E-state index is 12.4. The van der Waals surface area contributed by atoms with Gasteiger partial charge in [-0.25, -0.2) is 8.42 Å². The Morgan fingerprint density at radius 1 is 1.25 bits per heavy atom. The maximum atomic E-state index is 12.4. The molecule has 1 aromatic rings. The van der Waals surface area contributed by atoms with Crippen molar-refractivity contribution >= 4 is 10.0 Å². The molecule has 1 N–H and O–H groups in total. The van der Waals surface area contributed by atoms with Gasteiger partial charge in [0.25, 0.3) is 0 Å². The lowest BCUT2D eigenvalue weighted by atomic mass is 10.1. The van der Waals surface area contributed by atoms with Crippen molar-refractivity contribution in [2.24, 2.45) is 0 Å². The third-order valence-corrected chi connectivity index (χ3v) is 5.41. The van der Waals surface area contributed by atoms with Crippen molar-refractivity contribution in [1.82, 2.24) is 9.62 Å². The normalized spacial score (nSPS) is 18.9. The van der Waals surface area contributed by atoms with Gasteiger partial charge in [-0.2, -0.15) is 4.31 Å². The van der Waals surface area contributed by atoms with Gasteiger partial charge in [0.1, 0.15) is 0 Å². The first-order valence-corrected chi connectivity index (χ1v) is 8.41. The zero-order valence-electron chi connectivity index (χ0n) is 12.0. The van der Waals surface area contributed by atoms with Crippen LogP contribution in [0.15, 0.2) is 29.2 Å². The van der Waals surface area contributed by atoms with E-state index in [4.69, 9.17) is 4.74 Å². The molecule has 0 amide bonds. The van der Waals surface area contributed by atoms with Crippen molar-refractivity contribution in [3.63, 3.8) is 0 Å². The molecule has 6 heteroatoms. The first-order chi connectivity index (χ1) is 9.55. The fourth-order valence-electron chi connectivity index (χ4n) is 2.29. The highest BCUT2D eigenvalue weighted by Crippen LogP contribution is 2.20. The highest BCUT2D eigenvalue weighted by molar-refractivity contribution is 7.89. The molecule has 0 aliphatic carbocycles. The van der Waals surface area contributed by atoms with E-state index < -0.39 is 10.0 Å². The second-order valence-corrected chi connectivity index (χ2v) is 6.80. The minimum absolute atomic E-state index is 0.222. The third-order valence-electron chi connectivity index (χ3n) is 3.50. The van der Waals surface area contributed by atoms with Gasteiger partial charge in [-0.3, -0.25) is 0 Å². The van der Waals surface area contributed by atoms with E-state index in [-0.39, 0.29) is 6.04 Å². The van der Waals surface area contributed by atoms with Crippen molar-refractivity contribution in [2.75, 3.05) is 32.8 Å². The number of sulfonamides is 1. The minimum atomic E-state index is -3.38. The summed E-state index contributed by atoms with van der Waals surface area (Å²) in [6.07, 6.45) is 0. The van der Waals surface area contributed by atoms with Crippen molar-refractivity contribution in [3.05, 3.63) is 29.8 Å². The molecule has 0 spiro atoms. The Kier molecular flexibility index (Phi) is 5.15. The first kappa shape index (κ1) is 15.4. The highest BCUT2D eigenvalue weighted by Gasteiger charge is 2.26. The van der Waals surface area contributed by atoms with Gasteiger partial charge in [0.05, 0.1) is 18.1 Å². The number of morpholine rings is 1. The van der Waals surface area contributed by atoms with E-state index in [0.29, 0.717) is 31.2 Å². The van der Waals surface area contributed by atoms with Crippen LogP contribution in [-0.4, -0.2) is 45.6 Å². The van der Waals surface area contributed by atoms with Gasteiger partial charge in [0.15, 0.2) is 0 Å². The number of rotatable bonds is 5. The Balaban J connectivity index is 2.16. The Labute approximate surface area is 121 Å². The van der Waals surface area contributed by atoms with Crippen LogP contribution in [0.4, 0.5) is 0 Å². The van der Waals surface area contributed by atoms with Gasteiger partial charge in [-0.1, -0.05) is 19.1 Å². The molecule has 112 valence electrons. The zero-order valence-corrected chi connectivity index (χ0v) is 12.8. The number of hydrogen-bond donors (Lipinski definition) is 1. The summed E-state index contributed by atoms with van der Waals surface area (Å²) in [6, 6.07) is 7.35. The molecule has 20 heavy (non-hydrogen) atoms. The number of hydrogen-bond acceptors (Lipinski definition) is 4. The molecule has 0 aromatic heterocycles. The molecule has 1 atom stereocenters. The lowest BCUT2D eigenvalue weighted by molar-refractivity contribution is 0.0730. The summed E-state index contributed by atoms with van der Waals surface area (Å²) in [5, 5.41) is 3.31. The van der Waals surface area contributed by atoms with Gasteiger partial charge >= 0.3 is 0 Å². The fraction of sp³-hybridized carbons (Fsp3) is 0.571. The van der Waals surface area contributed by atoms with Gasteiger partial charge in [0.2, 0.25) is 10.0 Å². The van der Waals surface area contributed by atoms with Gasteiger partial charge in [-0.05, 0) is 31.2 Å². The van der Waals surface area contributed by atoms with E-state index in [9.17, 15) is 8.42 Å². The van der Waals surface area contributed by atoms with E-state index >= 15 is 0 Å². The molecule has 0 radical (unpaired) electrons. The molecule has 1 saturated heterocycles. The van der Waals surface area contributed by atoms with E-state index in [0.717, 1.165) is 12.1 Å². The van der Waals surface area contributed by atoms with Crippen LogP contribution < -0.4 is 5.32 Å². The zero-order chi connectivity index (χ0) is 14.6. The quantitative estimate of drug-likeness (QED) is 0.892. The molecule has 1 aliphatic rings. The number of nitrogens with one attached hydrogen (secondary N) is 1. The predicted octanol–water partition coefficient (Wildman–Crippen LogP) is 1.38. The maximum Gasteiger partial charge on any atom is 0.243 e. The molecule has 1 heterocycles. The smallest absolute Gasteiger partial charge is 0.243 e. The van der Waals surface area contributed by atoms with Gasteiger partial charge in [-0.15, -0.1) is 0 Å². The molecule has 1 aromatic carbocycles. The summed E-state index contributed by atoms with van der Waals surface area (Å²) in [6.45, 7) is 6.79. The van der Waals surface area contributed by atoms with Crippen molar-refractivity contribution in [2.45, 2.75) is 24.8 Å². The van der Waals surface area contributed by atoms with Gasteiger partial charge in [0, 0.05) is 19.1 Å². The second-order valence-electron chi connectivity index (χ2n) is 4.86. The average Bonchev–Trinajstić information content (AvgIpc) is 2.48. The van der Waals surface area contributed by atoms with Crippen LogP contribution in [0.1, 0.15) is 25.5 Å². The van der Waals surface area contributed by atoms with Crippen LogP contribution >= 0.6 is 0 Å². The Morgan fingerprint density at radius 3 is 2.40 bits per heavy atom. The van der Waals surface area contributed by atoms with Gasteiger partial charge < -0.3 is 10.1 Å². The van der Waals surface area contributed by atoms with Crippen LogP contribution in [0.5, 0.6) is 0 Å². The summed E-state index contributed by atoms with van der Waals surface area (Å²) in [5.74, 6) is 0. The fourth-order valence-corrected chi connectivity index (χ4v) is 3.70. The Morgan fingerprint density at radius 2 is 1.85 bits per heavy atom. The molecule has 1 aliphatic heterocycles. The molecular weight excluding hydrogens is 276 g/mol. The largest absolute Gasteiger partial charge is 0.379 e. The molecule has 0 bridgehead atoms. The van der Waals surface area contributed by atoms with Crippen LogP contribution in [0, 0.1) is 0 Å². The minimum Gasteiger partial charge on any atom is -0.379 e.